The number of nitrogens with zero attached hydrogens (tertiary/aromatic N) is 3. The molecule has 1 saturated heterocycles. The number of rotatable bonds is 5. The second-order valence-corrected chi connectivity index (χ2v) is 6.77. The summed E-state index contributed by atoms with van der Waals surface area (Å²) in [6.45, 7) is 2.56. The fourth-order valence-corrected chi connectivity index (χ4v) is 3.03. The number of carbonyl (C=O) groups is 1. The molecule has 136 valence electrons. The van der Waals surface area contributed by atoms with E-state index >= 15 is 0 Å². The first kappa shape index (κ1) is 19.8. The standard InChI is InChI=1S/C16H20BrN5O2.ClH/c17-12-1-3-13(4-2-12)19-16(23)11-5-7-22(8-6-11)10-14-20-15(9-18)24-21-14;/h1-4,11H,5-10,18H2,(H,19,23);1H. The molecule has 0 atom stereocenters. The van der Waals surface area contributed by atoms with Gasteiger partial charge >= 0.3 is 0 Å². The van der Waals surface area contributed by atoms with Crippen LogP contribution >= 0.6 is 28.3 Å². The highest BCUT2D eigenvalue weighted by molar-refractivity contribution is 9.10. The average Bonchev–Trinajstić information content (AvgIpc) is 3.05. The summed E-state index contributed by atoms with van der Waals surface area (Å²) in [6, 6.07) is 7.61. The third-order valence-corrected chi connectivity index (χ3v) is 4.65. The molecule has 1 aliphatic heterocycles. The first-order chi connectivity index (χ1) is 11.6. The van der Waals surface area contributed by atoms with E-state index in [4.69, 9.17) is 10.3 Å². The van der Waals surface area contributed by atoms with Crippen LogP contribution in [0.5, 0.6) is 0 Å². The predicted octanol–water partition coefficient (Wildman–Crippen LogP) is 2.56. The minimum Gasteiger partial charge on any atom is -0.338 e. The number of nitrogens with one attached hydrogen (secondary N) is 1. The molecule has 1 aromatic heterocycles. The number of likely N-dealkylation sites (tertiary alicyclic amines) is 1. The van der Waals surface area contributed by atoms with Crippen molar-refractivity contribution >= 4 is 39.9 Å². The summed E-state index contributed by atoms with van der Waals surface area (Å²) >= 11 is 3.39. The highest BCUT2D eigenvalue weighted by Crippen LogP contribution is 2.21. The first-order valence-electron chi connectivity index (χ1n) is 7.94. The summed E-state index contributed by atoms with van der Waals surface area (Å²) in [5, 5.41) is 6.89. The number of carbonyl (C=O) groups excluding carboxylic acids is 1. The maximum atomic E-state index is 12.4. The Morgan fingerprint density at radius 2 is 2.00 bits per heavy atom. The van der Waals surface area contributed by atoms with Gasteiger partial charge in [-0.3, -0.25) is 9.69 Å². The highest BCUT2D eigenvalue weighted by Gasteiger charge is 2.25. The summed E-state index contributed by atoms with van der Waals surface area (Å²) in [5.74, 6) is 1.22. The second kappa shape index (κ2) is 9.28. The van der Waals surface area contributed by atoms with Gasteiger partial charge in [-0.25, -0.2) is 0 Å². The Balaban J connectivity index is 0.00000225. The third-order valence-electron chi connectivity index (χ3n) is 4.12. The van der Waals surface area contributed by atoms with Crippen molar-refractivity contribution in [3.8, 4) is 0 Å². The van der Waals surface area contributed by atoms with Gasteiger partial charge in [0.25, 0.3) is 0 Å². The monoisotopic (exact) mass is 429 g/mol. The molecular formula is C16H21BrClN5O2. The van der Waals surface area contributed by atoms with Crippen LogP contribution in [0.25, 0.3) is 0 Å². The van der Waals surface area contributed by atoms with Crippen molar-refractivity contribution in [2.45, 2.75) is 25.9 Å². The van der Waals surface area contributed by atoms with Crippen LogP contribution in [0, 0.1) is 5.92 Å². The molecule has 0 saturated carbocycles. The lowest BCUT2D eigenvalue weighted by Crippen LogP contribution is -2.38. The Morgan fingerprint density at radius 1 is 1.32 bits per heavy atom. The number of nitrogens with two attached hydrogens (primary N) is 1. The molecule has 3 rings (SSSR count). The van der Waals surface area contributed by atoms with Crippen LogP contribution in [0.2, 0.25) is 0 Å². The van der Waals surface area contributed by atoms with Crippen LogP contribution in [-0.2, 0) is 17.9 Å². The van der Waals surface area contributed by atoms with Gasteiger partial charge < -0.3 is 15.6 Å². The Morgan fingerprint density at radius 3 is 2.60 bits per heavy atom. The number of hydrogen-bond acceptors (Lipinski definition) is 6. The minimum atomic E-state index is 0. The molecule has 0 aliphatic carbocycles. The highest BCUT2D eigenvalue weighted by atomic mass is 79.9. The van der Waals surface area contributed by atoms with Crippen molar-refractivity contribution in [3.63, 3.8) is 0 Å². The number of benzene rings is 1. The van der Waals surface area contributed by atoms with Gasteiger partial charge in [0.2, 0.25) is 11.8 Å². The van der Waals surface area contributed by atoms with E-state index in [-0.39, 0.29) is 30.8 Å². The van der Waals surface area contributed by atoms with E-state index < -0.39 is 0 Å². The van der Waals surface area contributed by atoms with Crippen molar-refractivity contribution in [1.29, 1.82) is 0 Å². The van der Waals surface area contributed by atoms with Crippen molar-refractivity contribution in [2.75, 3.05) is 18.4 Å². The maximum absolute atomic E-state index is 12.4. The van der Waals surface area contributed by atoms with E-state index in [0.29, 0.717) is 18.3 Å². The Bertz CT molecular complexity index is 686. The number of piperidine rings is 1. The summed E-state index contributed by atoms with van der Waals surface area (Å²) in [6.07, 6.45) is 1.65. The molecule has 9 heteroatoms. The number of aromatic nitrogens is 2. The van der Waals surface area contributed by atoms with Crippen LogP contribution in [0.3, 0.4) is 0 Å². The zero-order valence-corrected chi connectivity index (χ0v) is 16.1. The van der Waals surface area contributed by atoms with E-state index in [1.165, 1.54) is 0 Å². The summed E-state index contributed by atoms with van der Waals surface area (Å²) in [4.78, 5) is 18.8. The van der Waals surface area contributed by atoms with Crippen molar-refractivity contribution in [1.82, 2.24) is 15.0 Å². The van der Waals surface area contributed by atoms with Crippen molar-refractivity contribution < 1.29 is 9.32 Å². The summed E-state index contributed by atoms with van der Waals surface area (Å²) < 4.78 is 6.00. The predicted molar refractivity (Wildman–Crippen MR) is 100 cm³/mol. The number of amides is 1. The van der Waals surface area contributed by atoms with E-state index in [0.717, 1.165) is 36.1 Å². The van der Waals surface area contributed by atoms with Crippen molar-refractivity contribution in [3.05, 3.63) is 40.5 Å². The van der Waals surface area contributed by atoms with Crippen LogP contribution in [0.4, 0.5) is 5.69 Å². The molecule has 0 radical (unpaired) electrons. The van der Waals surface area contributed by atoms with E-state index in [1.807, 2.05) is 24.3 Å². The topological polar surface area (TPSA) is 97.3 Å². The average molecular weight is 431 g/mol. The molecule has 1 amide bonds. The molecule has 0 bridgehead atoms. The third kappa shape index (κ3) is 5.50. The van der Waals surface area contributed by atoms with Gasteiger partial charge in [-0.1, -0.05) is 21.1 Å². The van der Waals surface area contributed by atoms with Gasteiger partial charge in [0, 0.05) is 16.1 Å². The van der Waals surface area contributed by atoms with E-state index in [2.05, 4.69) is 36.3 Å². The van der Waals surface area contributed by atoms with Crippen LogP contribution < -0.4 is 11.1 Å². The molecule has 3 N–H and O–H groups in total. The van der Waals surface area contributed by atoms with Crippen molar-refractivity contribution in [2.24, 2.45) is 11.7 Å². The number of halogens is 2. The molecule has 2 aromatic rings. The smallest absolute Gasteiger partial charge is 0.240 e. The molecule has 25 heavy (non-hydrogen) atoms. The number of anilines is 1. The van der Waals surface area contributed by atoms with Gasteiger partial charge in [-0.15, -0.1) is 12.4 Å². The first-order valence-corrected chi connectivity index (χ1v) is 8.73. The van der Waals surface area contributed by atoms with Gasteiger partial charge in [0.1, 0.15) is 0 Å². The zero-order chi connectivity index (χ0) is 16.9. The van der Waals surface area contributed by atoms with Gasteiger partial charge in [-0.05, 0) is 50.2 Å². The fourth-order valence-electron chi connectivity index (χ4n) is 2.77. The summed E-state index contributed by atoms with van der Waals surface area (Å²) in [5.41, 5.74) is 6.29. The zero-order valence-electron chi connectivity index (χ0n) is 13.7. The molecule has 1 aromatic carbocycles. The summed E-state index contributed by atoms with van der Waals surface area (Å²) in [7, 11) is 0. The largest absolute Gasteiger partial charge is 0.338 e. The molecule has 0 unspecified atom stereocenters. The van der Waals surface area contributed by atoms with Gasteiger partial charge in [0.15, 0.2) is 5.82 Å². The molecule has 2 heterocycles. The van der Waals surface area contributed by atoms with Crippen LogP contribution in [-0.4, -0.2) is 34.0 Å². The normalized spacial score (nSPS) is 15.6. The SMILES string of the molecule is Cl.NCc1nc(CN2CCC(C(=O)Nc3ccc(Br)cc3)CC2)no1. The quantitative estimate of drug-likeness (QED) is 0.756. The molecular weight excluding hydrogens is 410 g/mol. The Labute approximate surface area is 160 Å². The van der Waals surface area contributed by atoms with Crippen LogP contribution in [0.1, 0.15) is 24.6 Å². The second-order valence-electron chi connectivity index (χ2n) is 5.86. The van der Waals surface area contributed by atoms with Gasteiger partial charge in [-0.2, -0.15) is 4.98 Å². The molecule has 1 fully saturated rings. The lowest BCUT2D eigenvalue weighted by atomic mass is 9.96. The molecule has 7 nitrogen and oxygen atoms in total. The Hall–Kier alpha value is -1.48. The van der Waals surface area contributed by atoms with Crippen LogP contribution in [0.15, 0.2) is 33.3 Å². The lowest BCUT2D eigenvalue weighted by molar-refractivity contribution is -0.121. The van der Waals surface area contributed by atoms with E-state index in [9.17, 15) is 4.79 Å². The van der Waals surface area contributed by atoms with E-state index in [1.54, 1.807) is 0 Å². The molecule has 1 aliphatic rings. The fraction of sp³-hybridized carbons (Fsp3) is 0.438. The maximum Gasteiger partial charge on any atom is 0.240 e. The minimum absolute atomic E-state index is 0. The Kier molecular flexibility index (Phi) is 7.37. The number of hydrogen-bond donors (Lipinski definition) is 2. The van der Waals surface area contributed by atoms with Gasteiger partial charge in [0.05, 0.1) is 13.1 Å². The lowest BCUT2D eigenvalue weighted by Gasteiger charge is -2.30. The molecule has 0 spiro atoms.